The first kappa shape index (κ1) is 11.9. The fraction of sp³-hybridized carbons (Fsp3) is 0.182. The molecule has 0 aromatic heterocycles. The summed E-state index contributed by atoms with van der Waals surface area (Å²) in [7, 11) is 0. The van der Waals surface area contributed by atoms with Crippen molar-refractivity contribution in [2.24, 2.45) is 0 Å². The highest BCUT2D eigenvalue weighted by Gasteiger charge is 2.30. The summed E-state index contributed by atoms with van der Waals surface area (Å²) in [6, 6.07) is 3.55. The van der Waals surface area contributed by atoms with E-state index in [1.165, 1.54) is 12.1 Å². The summed E-state index contributed by atoms with van der Waals surface area (Å²) in [5.74, 6) is -2.31. The Balaban J connectivity index is 2.38. The van der Waals surface area contributed by atoms with Crippen LogP contribution in [0.15, 0.2) is 18.2 Å². The van der Waals surface area contributed by atoms with E-state index in [0.717, 1.165) is 0 Å². The van der Waals surface area contributed by atoms with Gasteiger partial charge in [0.05, 0.1) is 17.7 Å². The van der Waals surface area contributed by atoms with Crippen LogP contribution < -0.4 is 16.4 Å². The Bertz CT molecular complexity index is 541. The van der Waals surface area contributed by atoms with Gasteiger partial charge in [-0.15, -0.1) is 0 Å². The number of carbonyl (C=O) groups excluding carboxylic acids is 2. The average Bonchev–Trinajstić information content (AvgIpc) is 2.37. The van der Waals surface area contributed by atoms with Gasteiger partial charge < -0.3 is 21.5 Å². The number of nitrogens with two attached hydrogens (primary N) is 1. The lowest BCUT2D eigenvalue weighted by Crippen LogP contribution is -2.42. The van der Waals surface area contributed by atoms with E-state index in [0.29, 0.717) is 0 Å². The fourth-order valence-corrected chi connectivity index (χ4v) is 1.76. The second-order valence-corrected chi connectivity index (χ2v) is 3.88. The van der Waals surface area contributed by atoms with E-state index < -0.39 is 30.2 Å². The maximum Gasteiger partial charge on any atom is 0.305 e. The Kier molecular flexibility index (Phi) is 2.88. The van der Waals surface area contributed by atoms with Crippen molar-refractivity contribution in [1.82, 2.24) is 5.32 Å². The molecule has 94 valence electrons. The molecule has 1 aliphatic rings. The third kappa shape index (κ3) is 2.10. The number of hydrogen-bond acceptors (Lipinski definition) is 4. The molecule has 0 bridgehead atoms. The molecular weight excluding hydrogens is 238 g/mol. The molecule has 1 atom stereocenters. The van der Waals surface area contributed by atoms with Crippen LogP contribution in [-0.4, -0.2) is 28.9 Å². The predicted octanol–water partition coefficient (Wildman–Crippen LogP) is -0.206. The number of anilines is 2. The second-order valence-electron chi connectivity index (χ2n) is 3.88. The van der Waals surface area contributed by atoms with Gasteiger partial charge in [-0.1, -0.05) is 6.07 Å². The van der Waals surface area contributed by atoms with Crippen molar-refractivity contribution < 1.29 is 19.5 Å². The fourth-order valence-electron chi connectivity index (χ4n) is 1.76. The number of carboxylic acids is 1. The summed E-state index contributed by atoms with van der Waals surface area (Å²) in [5.41, 5.74) is 6.32. The van der Waals surface area contributed by atoms with Gasteiger partial charge in [-0.05, 0) is 12.1 Å². The monoisotopic (exact) mass is 249 g/mol. The van der Waals surface area contributed by atoms with Crippen molar-refractivity contribution in [2.45, 2.75) is 12.5 Å². The molecule has 0 unspecified atom stereocenters. The molecule has 5 N–H and O–H groups in total. The SMILES string of the molecule is Nc1cccc2c1C(=O)N[C@@H](CC(=O)O)C(=O)N2. The molecule has 0 radical (unpaired) electrons. The number of amides is 2. The van der Waals surface area contributed by atoms with E-state index in [-0.39, 0.29) is 16.9 Å². The molecule has 1 aromatic carbocycles. The van der Waals surface area contributed by atoms with Crippen LogP contribution in [0.4, 0.5) is 11.4 Å². The van der Waals surface area contributed by atoms with Crippen molar-refractivity contribution >= 4 is 29.2 Å². The van der Waals surface area contributed by atoms with E-state index in [1.807, 2.05) is 0 Å². The van der Waals surface area contributed by atoms with Crippen molar-refractivity contribution in [3.63, 3.8) is 0 Å². The quantitative estimate of drug-likeness (QED) is 0.540. The van der Waals surface area contributed by atoms with Gasteiger partial charge in [-0.3, -0.25) is 14.4 Å². The Morgan fingerprint density at radius 1 is 1.39 bits per heavy atom. The van der Waals surface area contributed by atoms with Crippen molar-refractivity contribution in [2.75, 3.05) is 11.1 Å². The van der Waals surface area contributed by atoms with E-state index >= 15 is 0 Å². The van der Waals surface area contributed by atoms with Crippen LogP contribution in [0.3, 0.4) is 0 Å². The molecule has 1 aliphatic heterocycles. The van der Waals surface area contributed by atoms with Crippen molar-refractivity contribution in [3.8, 4) is 0 Å². The van der Waals surface area contributed by atoms with Gasteiger partial charge in [-0.25, -0.2) is 0 Å². The van der Waals surface area contributed by atoms with E-state index in [9.17, 15) is 14.4 Å². The maximum absolute atomic E-state index is 11.9. The smallest absolute Gasteiger partial charge is 0.305 e. The number of hydrogen-bond donors (Lipinski definition) is 4. The Labute approximate surface area is 102 Å². The van der Waals surface area contributed by atoms with Crippen LogP contribution in [0.2, 0.25) is 0 Å². The predicted molar refractivity (Wildman–Crippen MR) is 63.0 cm³/mol. The largest absolute Gasteiger partial charge is 0.481 e. The number of benzene rings is 1. The molecule has 2 amide bonds. The molecule has 2 rings (SSSR count). The number of carboxylic acid groups (broad SMARTS) is 1. The van der Waals surface area contributed by atoms with E-state index in [1.54, 1.807) is 6.07 Å². The number of rotatable bonds is 2. The number of aliphatic carboxylic acids is 1. The molecular formula is C11H11N3O4. The van der Waals surface area contributed by atoms with Crippen LogP contribution >= 0.6 is 0 Å². The zero-order valence-corrected chi connectivity index (χ0v) is 9.27. The zero-order chi connectivity index (χ0) is 13.3. The van der Waals surface area contributed by atoms with Crippen LogP contribution in [0, 0.1) is 0 Å². The lowest BCUT2D eigenvalue weighted by molar-refractivity contribution is -0.139. The summed E-state index contributed by atoms with van der Waals surface area (Å²) in [6.07, 6.45) is -0.481. The summed E-state index contributed by atoms with van der Waals surface area (Å²) in [4.78, 5) is 34.2. The highest BCUT2D eigenvalue weighted by atomic mass is 16.4. The molecule has 7 nitrogen and oxygen atoms in total. The van der Waals surface area contributed by atoms with Gasteiger partial charge in [0.1, 0.15) is 6.04 Å². The highest BCUT2D eigenvalue weighted by molar-refractivity contribution is 6.13. The number of carbonyl (C=O) groups is 3. The molecule has 18 heavy (non-hydrogen) atoms. The Hall–Kier alpha value is -2.57. The first-order valence-electron chi connectivity index (χ1n) is 5.21. The van der Waals surface area contributed by atoms with Gasteiger partial charge in [-0.2, -0.15) is 0 Å². The molecule has 0 saturated carbocycles. The molecule has 0 fully saturated rings. The molecule has 7 heteroatoms. The topological polar surface area (TPSA) is 122 Å². The summed E-state index contributed by atoms with van der Waals surface area (Å²) >= 11 is 0. The molecule has 0 aliphatic carbocycles. The lowest BCUT2D eigenvalue weighted by atomic mass is 10.1. The van der Waals surface area contributed by atoms with E-state index in [2.05, 4.69) is 10.6 Å². The molecule has 1 aromatic rings. The number of nitrogens with one attached hydrogen (secondary N) is 2. The average molecular weight is 249 g/mol. The first-order chi connectivity index (χ1) is 8.49. The normalized spacial score (nSPS) is 18.3. The summed E-state index contributed by atoms with van der Waals surface area (Å²) in [5, 5.41) is 13.5. The third-order valence-corrected chi connectivity index (χ3v) is 2.58. The second kappa shape index (κ2) is 4.36. The minimum atomic E-state index is -1.17. The van der Waals surface area contributed by atoms with Crippen molar-refractivity contribution in [3.05, 3.63) is 23.8 Å². The van der Waals surface area contributed by atoms with Crippen LogP contribution in [-0.2, 0) is 9.59 Å². The van der Waals surface area contributed by atoms with E-state index in [4.69, 9.17) is 10.8 Å². The first-order valence-corrected chi connectivity index (χ1v) is 5.21. The van der Waals surface area contributed by atoms with Gasteiger partial charge in [0, 0.05) is 5.69 Å². The molecule has 1 heterocycles. The molecule has 0 spiro atoms. The minimum absolute atomic E-state index is 0.152. The van der Waals surface area contributed by atoms with Crippen molar-refractivity contribution in [1.29, 1.82) is 0 Å². The number of fused-ring (bicyclic) bond motifs is 1. The van der Waals surface area contributed by atoms with Gasteiger partial charge >= 0.3 is 5.97 Å². The van der Waals surface area contributed by atoms with Gasteiger partial charge in [0.25, 0.3) is 5.91 Å². The maximum atomic E-state index is 11.9. The summed E-state index contributed by atoms with van der Waals surface area (Å²) in [6.45, 7) is 0. The van der Waals surface area contributed by atoms with Crippen LogP contribution in [0.25, 0.3) is 0 Å². The Morgan fingerprint density at radius 3 is 2.78 bits per heavy atom. The highest BCUT2D eigenvalue weighted by Crippen LogP contribution is 2.24. The van der Waals surface area contributed by atoms with Gasteiger partial charge in [0.15, 0.2) is 0 Å². The van der Waals surface area contributed by atoms with Gasteiger partial charge in [0.2, 0.25) is 5.91 Å². The molecule has 0 saturated heterocycles. The Morgan fingerprint density at radius 2 is 2.11 bits per heavy atom. The number of nitrogen functional groups attached to an aromatic ring is 1. The minimum Gasteiger partial charge on any atom is -0.481 e. The third-order valence-electron chi connectivity index (χ3n) is 2.58. The lowest BCUT2D eigenvalue weighted by Gasteiger charge is -2.11. The van der Waals surface area contributed by atoms with Crippen LogP contribution in [0.1, 0.15) is 16.8 Å². The zero-order valence-electron chi connectivity index (χ0n) is 9.27. The van der Waals surface area contributed by atoms with Crippen LogP contribution in [0.5, 0.6) is 0 Å². The summed E-state index contributed by atoms with van der Waals surface area (Å²) < 4.78 is 0. The standard InChI is InChI=1S/C11H11N3O4/c12-5-2-1-3-6-9(5)11(18)14-7(4-8(15)16)10(17)13-6/h1-3,7H,4,12H2,(H,13,17)(H,14,18)(H,15,16)/t7-/m0/s1.